The van der Waals surface area contributed by atoms with Gasteiger partial charge >= 0.3 is 0 Å². The van der Waals surface area contributed by atoms with E-state index in [2.05, 4.69) is 6.92 Å². The Morgan fingerprint density at radius 2 is 2.33 bits per heavy atom. The van der Waals surface area contributed by atoms with Crippen molar-refractivity contribution in [2.75, 3.05) is 26.2 Å². The van der Waals surface area contributed by atoms with Gasteiger partial charge in [0.2, 0.25) is 5.91 Å². The Bertz CT molecular complexity index is 190. The molecule has 1 rings (SSSR count). The molecule has 1 saturated heterocycles. The number of carbonyl (C=O) groups is 1. The lowest BCUT2D eigenvalue weighted by Crippen LogP contribution is -2.45. The molecule has 5 heteroatoms. The standard InChI is InChI=1S/C10H20N2O2.ClH/c1-2-9-8-12(6-7-14-9)10(13)4-3-5-11;/h9H,2-8,11H2,1H3;1H. The molecule has 15 heavy (non-hydrogen) atoms. The van der Waals surface area contributed by atoms with E-state index in [1.54, 1.807) is 0 Å². The lowest BCUT2D eigenvalue weighted by molar-refractivity contribution is -0.138. The Kier molecular flexibility index (Phi) is 7.74. The number of nitrogens with zero attached hydrogens (tertiary/aromatic N) is 1. The van der Waals surface area contributed by atoms with Gasteiger partial charge in [-0.1, -0.05) is 6.92 Å². The topological polar surface area (TPSA) is 55.6 Å². The molecule has 1 heterocycles. The van der Waals surface area contributed by atoms with Gasteiger partial charge in [-0.05, 0) is 19.4 Å². The van der Waals surface area contributed by atoms with E-state index in [0.717, 1.165) is 25.9 Å². The largest absolute Gasteiger partial charge is 0.375 e. The van der Waals surface area contributed by atoms with Gasteiger partial charge in [-0.3, -0.25) is 4.79 Å². The molecule has 4 nitrogen and oxygen atoms in total. The summed E-state index contributed by atoms with van der Waals surface area (Å²) >= 11 is 0. The molecule has 2 N–H and O–H groups in total. The summed E-state index contributed by atoms with van der Waals surface area (Å²) in [6.07, 6.45) is 2.56. The third-order valence-corrected chi connectivity index (χ3v) is 2.54. The number of hydrogen-bond donors (Lipinski definition) is 1. The number of morpholine rings is 1. The van der Waals surface area contributed by atoms with Crippen LogP contribution in [0.15, 0.2) is 0 Å². The van der Waals surface area contributed by atoms with E-state index in [4.69, 9.17) is 10.5 Å². The highest BCUT2D eigenvalue weighted by Crippen LogP contribution is 2.09. The van der Waals surface area contributed by atoms with E-state index in [0.29, 0.717) is 19.6 Å². The molecule has 90 valence electrons. The van der Waals surface area contributed by atoms with Crippen molar-refractivity contribution in [3.63, 3.8) is 0 Å². The van der Waals surface area contributed by atoms with Crippen LogP contribution in [0, 0.1) is 0 Å². The van der Waals surface area contributed by atoms with Crippen LogP contribution in [-0.2, 0) is 9.53 Å². The van der Waals surface area contributed by atoms with E-state index < -0.39 is 0 Å². The Balaban J connectivity index is 0.00000196. The molecule has 0 aromatic heterocycles. The van der Waals surface area contributed by atoms with Crippen molar-refractivity contribution < 1.29 is 9.53 Å². The number of nitrogens with two attached hydrogens (primary N) is 1. The maximum absolute atomic E-state index is 11.6. The quantitative estimate of drug-likeness (QED) is 0.785. The minimum Gasteiger partial charge on any atom is -0.375 e. The van der Waals surface area contributed by atoms with Crippen molar-refractivity contribution in [1.82, 2.24) is 4.90 Å². The molecule has 0 bridgehead atoms. The predicted molar refractivity (Wildman–Crippen MR) is 62.1 cm³/mol. The van der Waals surface area contributed by atoms with Crippen LogP contribution in [-0.4, -0.2) is 43.2 Å². The smallest absolute Gasteiger partial charge is 0.222 e. The van der Waals surface area contributed by atoms with Crippen LogP contribution in [0.25, 0.3) is 0 Å². The third kappa shape index (κ3) is 4.82. The van der Waals surface area contributed by atoms with Crippen LogP contribution in [0.1, 0.15) is 26.2 Å². The second-order valence-electron chi connectivity index (χ2n) is 3.63. The summed E-state index contributed by atoms with van der Waals surface area (Å²) in [4.78, 5) is 13.5. The molecule has 0 saturated carbocycles. The maximum atomic E-state index is 11.6. The summed E-state index contributed by atoms with van der Waals surface area (Å²) in [5.41, 5.74) is 5.36. The molecular weight excluding hydrogens is 216 g/mol. The van der Waals surface area contributed by atoms with Crippen molar-refractivity contribution in [3.8, 4) is 0 Å². The van der Waals surface area contributed by atoms with Gasteiger partial charge in [0.25, 0.3) is 0 Å². The van der Waals surface area contributed by atoms with Crippen LogP contribution in [0.5, 0.6) is 0 Å². The van der Waals surface area contributed by atoms with Crippen molar-refractivity contribution in [1.29, 1.82) is 0 Å². The monoisotopic (exact) mass is 236 g/mol. The van der Waals surface area contributed by atoms with Gasteiger partial charge < -0.3 is 15.4 Å². The van der Waals surface area contributed by atoms with Crippen molar-refractivity contribution >= 4 is 18.3 Å². The fraction of sp³-hybridized carbons (Fsp3) is 0.900. The summed E-state index contributed by atoms with van der Waals surface area (Å²) < 4.78 is 5.49. The zero-order chi connectivity index (χ0) is 10.4. The van der Waals surface area contributed by atoms with Crippen LogP contribution in [0.3, 0.4) is 0 Å². The Labute approximate surface area is 97.5 Å². The van der Waals surface area contributed by atoms with Crippen molar-refractivity contribution in [3.05, 3.63) is 0 Å². The van der Waals surface area contributed by atoms with Gasteiger partial charge in [0.15, 0.2) is 0 Å². The number of amides is 1. The van der Waals surface area contributed by atoms with Crippen molar-refractivity contribution in [2.24, 2.45) is 5.73 Å². The molecule has 1 aliphatic rings. The predicted octanol–water partition coefficient (Wildman–Crippen LogP) is 0.785. The Morgan fingerprint density at radius 1 is 1.60 bits per heavy atom. The number of hydrogen-bond acceptors (Lipinski definition) is 3. The molecule has 1 atom stereocenters. The highest BCUT2D eigenvalue weighted by molar-refractivity contribution is 5.85. The molecule has 1 unspecified atom stereocenters. The van der Waals surface area contributed by atoms with Crippen LogP contribution < -0.4 is 5.73 Å². The molecule has 0 spiro atoms. The number of carbonyl (C=O) groups excluding carboxylic acids is 1. The highest BCUT2D eigenvalue weighted by atomic mass is 35.5. The van der Waals surface area contributed by atoms with Crippen LogP contribution in [0.4, 0.5) is 0 Å². The highest BCUT2D eigenvalue weighted by Gasteiger charge is 2.22. The first kappa shape index (κ1) is 14.7. The average molecular weight is 237 g/mol. The van der Waals surface area contributed by atoms with Crippen molar-refractivity contribution in [2.45, 2.75) is 32.3 Å². The number of ether oxygens (including phenoxy) is 1. The van der Waals surface area contributed by atoms with E-state index in [9.17, 15) is 4.79 Å². The van der Waals surface area contributed by atoms with E-state index in [1.165, 1.54) is 0 Å². The summed E-state index contributed by atoms with van der Waals surface area (Å²) in [7, 11) is 0. The molecule has 1 aliphatic heterocycles. The Hall–Kier alpha value is -0.320. The Morgan fingerprint density at radius 3 is 2.93 bits per heavy atom. The first-order valence-corrected chi connectivity index (χ1v) is 5.37. The first-order valence-electron chi connectivity index (χ1n) is 5.37. The minimum absolute atomic E-state index is 0. The minimum atomic E-state index is 0. The zero-order valence-corrected chi connectivity index (χ0v) is 10.1. The SMILES string of the molecule is CCC1CN(C(=O)CCCN)CCO1.Cl. The third-order valence-electron chi connectivity index (χ3n) is 2.54. The van der Waals surface area contributed by atoms with E-state index in [1.807, 2.05) is 4.90 Å². The molecular formula is C10H21ClN2O2. The van der Waals surface area contributed by atoms with Crippen LogP contribution >= 0.6 is 12.4 Å². The normalized spacial score (nSPS) is 20.9. The lowest BCUT2D eigenvalue weighted by atomic mass is 10.2. The lowest BCUT2D eigenvalue weighted by Gasteiger charge is -2.32. The zero-order valence-electron chi connectivity index (χ0n) is 9.28. The molecule has 0 aliphatic carbocycles. The van der Waals surface area contributed by atoms with Gasteiger partial charge in [0, 0.05) is 19.5 Å². The molecule has 0 aromatic carbocycles. The summed E-state index contributed by atoms with van der Waals surface area (Å²) in [5, 5.41) is 0. The maximum Gasteiger partial charge on any atom is 0.222 e. The van der Waals surface area contributed by atoms with Gasteiger partial charge in [0.1, 0.15) is 0 Å². The van der Waals surface area contributed by atoms with E-state index in [-0.39, 0.29) is 24.4 Å². The van der Waals surface area contributed by atoms with Gasteiger partial charge in [-0.2, -0.15) is 0 Å². The fourth-order valence-electron chi connectivity index (χ4n) is 1.60. The number of rotatable bonds is 4. The van der Waals surface area contributed by atoms with Crippen LogP contribution in [0.2, 0.25) is 0 Å². The summed E-state index contributed by atoms with van der Waals surface area (Å²) in [6, 6.07) is 0. The van der Waals surface area contributed by atoms with E-state index >= 15 is 0 Å². The fourth-order valence-corrected chi connectivity index (χ4v) is 1.60. The van der Waals surface area contributed by atoms with Gasteiger partial charge in [0.05, 0.1) is 12.7 Å². The van der Waals surface area contributed by atoms with Gasteiger partial charge in [-0.25, -0.2) is 0 Å². The molecule has 0 radical (unpaired) electrons. The molecule has 1 amide bonds. The first-order chi connectivity index (χ1) is 6.77. The second kappa shape index (κ2) is 7.91. The molecule has 0 aromatic rings. The second-order valence-corrected chi connectivity index (χ2v) is 3.63. The molecule has 1 fully saturated rings. The van der Waals surface area contributed by atoms with Gasteiger partial charge in [-0.15, -0.1) is 12.4 Å². The average Bonchev–Trinajstić information content (AvgIpc) is 2.26. The summed E-state index contributed by atoms with van der Waals surface area (Å²) in [5.74, 6) is 0.220. The summed E-state index contributed by atoms with van der Waals surface area (Å²) in [6.45, 7) is 4.83. The number of halogens is 1.